The molecule has 0 saturated heterocycles. The molecule has 2 aromatic heterocycles. The van der Waals surface area contributed by atoms with Crippen LogP contribution < -0.4 is 10.5 Å². The fraction of sp³-hybridized carbons (Fsp3) is 0.400. The monoisotopic (exact) mass is 206 g/mol. The number of nitrogens with zero attached hydrogens (tertiary/aromatic N) is 3. The summed E-state index contributed by atoms with van der Waals surface area (Å²) in [7, 11) is 1.90. The van der Waals surface area contributed by atoms with E-state index in [9.17, 15) is 0 Å². The molecule has 5 heteroatoms. The highest BCUT2D eigenvalue weighted by Crippen LogP contribution is 2.23. The van der Waals surface area contributed by atoms with Crippen LogP contribution in [0.3, 0.4) is 0 Å². The molecule has 0 spiro atoms. The van der Waals surface area contributed by atoms with Gasteiger partial charge in [-0.05, 0) is 6.92 Å². The number of nitrogens with two attached hydrogens (primary N) is 1. The average molecular weight is 206 g/mol. The largest absolute Gasteiger partial charge is 0.491 e. The minimum atomic E-state index is 0.401. The summed E-state index contributed by atoms with van der Waals surface area (Å²) in [4.78, 5) is 8.66. The van der Waals surface area contributed by atoms with E-state index >= 15 is 0 Å². The van der Waals surface area contributed by atoms with Crippen molar-refractivity contribution in [1.82, 2.24) is 14.5 Å². The van der Waals surface area contributed by atoms with Gasteiger partial charge < -0.3 is 15.0 Å². The lowest BCUT2D eigenvalue weighted by Crippen LogP contribution is -2.04. The predicted octanol–water partition coefficient (Wildman–Crippen LogP) is 0.826. The smallest absolute Gasteiger partial charge is 0.163 e. The summed E-state index contributed by atoms with van der Waals surface area (Å²) in [6.45, 7) is 2.96. The first kappa shape index (κ1) is 9.92. The van der Waals surface area contributed by atoms with Crippen molar-refractivity contribution < 1.29 is 4.74 Å². The molecule has 2 aromatic rings. The molecular formula is C10H14N4O. The van der Waals surface area contributed by atoms with E-state index in [-0.39, 0.29) is 0 Å². The Morgan fingerprint density at radius 3 is 3.00 bits per heavy atom. The van der Waals surface area contributed by atoms with Crippen LogP contribution >= 0.6 is 0 Å². The summed E-state index contributed by atoms with van der Waals surface area (Å²) in [6, 6.07) is 1.82. The van der Waals surface area contributed by atoms with Crippen LogP contribution in [0.2, 0.25) is 0 Å². The third-order valence-corrected chi connectivity index (χ3v) is 2.30. The molecule has 0 bridgehead atoms. The third kappa shape index (κ3) is 1.55. The average Bonchev–Trinajstić information content (AvgIpc) is 2.58. The summed E-state index contributed by atoms with van der Waals surface area (Å²) >= 11 is 0. The number of pyridine rings is 1. The predicted molar refractivity (Wildman–Crippen MR) is 57.6 cm³/mol. The van der Waals surface area contributed by atoms with Crippen LogP contribution in [-0.4, -0.2) is 21.1 Å². The summed E-state index contributed by atoms with van der Waals surface area (Å²) in [5.41, 5.74) is 7.17. The van der Waals surface area contributed by atoms with Crippen molar-refractivity contribution >= 4 is 11.2 Å². The van der Waals surface area contributed by atoms with Gasteiger partial charge in [0.25, 0.3) is 0 Å². The molecule has 80 valence electrons. The Morgan fingerprint density at radius 2 is 2.33 bits per heavy atom. The lowest BCUT2D eigenvalue weighted by Gasteiger charge is -2.02. The molecule has 0 aliphatic carbocycles. The van der Waals surface area contributed by atoms with Gasteiger partial charge in [-0.1, -0.05) is 0 Å². The van der Waals surface area contributed by atoms with E-state index in [1.54, 1.807) is 6.20 Å². The molecule has 0 aromatic carbocycles. The van der Waals surface area contributed by atoms with Gasteiger partial charge in [-0.25, -0.2) is 9.97 Å². The zero-order chi connectivity index (χ0) is 10.8. The summed E-state index contributed by atoms with van der Waals surface area (Å²) in [5.74, 6) is 1.57. The van der Waals surface area contributed by atoms with E-state index < -0.39 is 0 Å². The number of rotatable bonds is 3. The van der Waals surface area contributed by atoms with E-state index in [2.05, 4.69) is 9.97 Å². The minimum absolute atomic E-state index is 0.401. The van der Waals surface area contributed by atoms with Crippen LogP contribution in [0.25, 0.3) is 11.2 Å². The van der Waals surface area contributed by atoms with Crippen LogP contribution in [0.4, 0.5) is 0 Å². The summed E-state index contributed by atoms with van der Waals surface area (Å²) in [6.07, 6.45) is 1.72. The molecule has 0 amide bonds. The minimum Gasteiger partial charge on any atom is -0.491 e. The Kier molecular flexibility index (Phi) is 2.55. The van der Waals surface area contributed by atoms with E-state index in [4.69, 9.17) is 10.5 Å². The maximum atomic E-state index is 5.59. The first-order valence-electron chi connectivity index (χ1n) is 4.91. The number of hydrogen-bond donors (Lipinski definition) is 1. The van der Waals surface area contributed by atoms with E-state index in [0.717, 1.165) is 22.7 Å². The number of aromatic nitrogens is 3. The molecule has 0 radical (unpaired) electrons. The quantitative estimate of drug-likeness (QED) is 0.807. The molecule has 0 aliphatic heterocycles. The molecule has 0 unspecified atom stereocenters. The van der Waals surface area contributed by atoms with Crippen LogP contribution in [0, 0.1) is 0 Å². The molecule has 0 saturated carbocycles. The highest BCUT2D eigenvalue weighted by molar-refractivity contribution is 5.78. The van der Waals surface area contributed by atoms with Crippen molar-refractivity contribution in [2.75, 3.05) is 6.61 Å². The lowest BCUT2D eigenvalue weighted by molar-refractivity contribution is 0.343. The zero-order valence-corrected chi connectivity index (χ0v) is 8.90. The number of hydrogen-bond acceptors (Lipinski definition) is 4. The molecular weight excluding hydrogens is 192 g/mol. The summed E-state index contributed by atoms with van der Waals surface area (Å²) < 4.78 is 7.36. The first-order chi connectivity index (χ1) is 7.27. The molecule has 15 heavy (non-hydrogen) atoms. The molecule has 2 rings (SSSR count). The van der Waals surface area contributed by atoms with Crippen molar-refractivity contribution in [2.45, 2.75) is 13.5 Å². The van der Waals surface area contributed by atoms with Crippen LogP contribution in [0.1, 0.15) is 12.7 Å². The SMILES string of the molecule is CCOc1ccnc2c1nc(CN)n2C. The standard InChI is InChI=1S/C10H14N4O/c1-3-15-7-4-5-12-10-9(7)13-8(6-11)14(10)2/h4-5H,3,6,11H2,1-2H3. The van der Waals surface area contributed by atoms with E-state index in [0.29, 0.717) is 13.2 Å². The fourth-order valence-corrected chi connectivity index (χ4v) is 1.56. The molecule has 2 N–H and O–H groups in total. The number of imidazole rings is 1. The van der Waals surface area contributed by atoms with Crippen LogP contribution in [0.5, 0.6) is 5.75 Å². The van der Waals surface area contributed by atoms with Gasteiger partial charge in [0, 0.05) is 19.3 Å². The number of ether oxygens (including phenoxy) is 1. The first-order valence-corrected chi connectivity index (χ1v) is 4.91. The van der Waals surface area contributed by atoms with Gasteiger partial charge in [0.15, 0.2) is 5.65 Å². The molecule has 2 heterocycles. The lowest BCUT2D eigenvalue weighted by atomic mass is 10.4. The Balaban J connectivity index is 2.65. The van der Waals surface area contributed by atoms with Crippen molar-refractivity contribution in [3.8, 4) is 5.75 Å². The van der Waals surface area contributed by atoms with Gasteiger partial charge in [0.2, 0.25) is 0 Å². The second-order valence-corrected chi connectivity index (χ2v) is 3.21. The number of aryl methyl sites for hydroxylation is 1. The Bertz CT molecular complexity index is 477. The number of fused-ring (bicyclic) bond motifs is 1. The van der Waals surface area contributed by atoms with Gasteiger partial charge >= 0.3 is 0 Å². The molecule has 0 atom stereocenters. The van der Waals surface area contributed by atoms with Crippen molar-refractivity contribution in [3.05, 3.63) is 18.1 Å². The Morgan fingerprint density at radius 1 is 1.53 bits per heavy atom. The zero-order valence-electron chi connectivity index (χ0n) is 8.90. The maximum Gasteiger partial charge on any atom is 0.163 e. The highest BCUT2D eigenvalue weighted by atomic mass is 16.5. The van der Waals surface area contributed by atoms with Gasteiger partial charge in [-0.3, -0.25) is 0 Å². The van der Waals surface area contributed by atoms with Crippen LogP contribution in [0.15, 0.2) is 12.3 Å². The van der Waals surface area contributed by atoms with Gasteiger partial charge in [0.05, 0.1) is 13.2 Å². The van der Waals surface area contributed by atoms with Crippen molar-refractivity contribution in [1.29, 1.82) is 0 Å². The molecule has 5 nitrogen and oxygen atoms in total. The Labute approximate surface area is 87.9 Å². The van der Waals surface area contributed by atoms with E-state index in [1.807, 2.05) is 24.6 Å². The summed E-state index contributed by atoms with van der Waals surface area (Å²) in [5, 5.41) is 0. The topological polar surface area (TPSA) is 66.0 Å². The van der Waals surface area contributed by atoms with Crippen molar-refractivity contribution in [3.63, 3.8) is 0 Å². The Hall–Kier alpha value is -1.62. The van der Waals surface area contributed by atoms with E-state index in [1.165, 1.54) is 0 Å². The second kappa shape index (κ2) is 3.86. The van der Waals surface area contributed by atoms with Gasteiger partial charge in [0.1, 0.15) is 17.1 Å². The second-order valence-electron chi connectivity index (χ2n) is 3.21. The molecule has 0 fully saturated rings. The van der Waals surface area contributed by atoms with Crippen LogP contribution in [-0.2, 0) is 13.6 Å². The molecule has 0 aliphatic rings. The fourth-order valence-electron chi connectivity index (χ4n) is 1.56. The van der Waals surface area contributed by atoms with Gasteiger partial charge in [-0.15, -0.1) is 0 Å². The highest BCUT2D eigenvalue weighted by Gasteiger charge is 2.11. The third-order valence-electron chi connectivity index (χ3n) is 2.30. The maximum absolute atomic E-state index is 5.59. The normalized spacial score (nSPS) is 10.9. The van der Waals surface area contributed by atoms with Crippen molar-refractivity contribution in [2.24, 2.45) is 12.8 Å². The van der Waals surface area contributed by atoms with Gasteiger partial charge in [-0.2, -0.15) is 0 Å².